The highest BCUT2D eigenvalue weighted by atomic mass is 16.2. The second-order valence-corrected chi connectivity index (χ2v) is 5.65. The van der Waals surface area contributed by atoms with Crippen LogP contribution < -0.4 is 10.7 Å². The Morgan fingerprint density at radius 2 is 2.05 bits per heavy atom. The maximum atomic E-state index is 12.6. The van der Waals surface area contributed by atoms with Crippen molar-refractivity contribution >= 4 is 16.8 Å². The Kier molecular flexibility index (Phi) is 4.62. The SMILES string of the molecule is Cc1[nH]c2ccccc2c(=O)c1C[C@H](C#N)C(=O)NC(C)C. The summed E-state index contributed by atoms with van der Waals surface area (Å²) < 4.78 is 0. The van der Waals surface area contributed by atoms with Crippen molar-refractivity contribution in [3.05, 3.63) is 45.7 Å². The third-order valence-electron chi connectivity index (χ3n) is 3.53. The number of aromatic amines is 1. The lowest BCUT2D eigenvalue weighted by molar-refractivity contribution is -0.123. The minimum atomic E-state index is -0.872. The zero-order valence-corrected chi connectivity index (χ0v) is 12.9. The summed E-state index contributed by atoms with van der Waals surface area (Å²) in [5.41, 5.74) is 1.82. The fourth-order valence-electron chi connectivity index (χ4n) is 2.43. The van der Waals surface area contributed by atoms with Crippen LogP contribution in [0.15, 0.2) is 29.1 Å². The van der Waals surface area contributed by atoms with Gasteiger partial charge in [0, 0.05) is 34.6 Å². The molecule has 114 valence electrons. The highest BCUT2D eigenvalue weighted by Gasteiger charge is 2.22. The molecule has 5 heteroatoms. The van der Waals surface area contributed by atoms with E-state index < -0.39 is 5.92 Å². The van der Waals surface area contributed by atoms with Crippen molar-refractivity contribution in [1.82, 2.24) is 10.3 Å². The number of benzene rings is 1. The molecule has 0 bridgehead atoms. The number of hydrogen-bond donors (Lipinski definition) is 2. The van der Waals surface area contributed by atoms with E-state index in [9.17, 15) is 14.9 Å². The minimum absolute atomic E-state index is 0.0423. The number of hydrogen-bond acceptors (Lipinski definition) is 3. The average molecular weight is 297 g/mol. The molecule has 2 rings (SSSR count). The zero-order chi connectivity index (χ0) is 16.3. The molecule has 5 nitrogen and oxygen atoms in total. The molecule has 0 saturated carbocycles. The minimum Gasteiger partial charge on any atom is -0.358 e. The molecule has 0 aliphatic rings. The first-order valence-corrected chi connectivity index (χ1v) is 7.24. The van der Waals surface area contributed by atoms with Gasteiger partial charge in [0.2, 0.25) is 5.91 Å². The van der Waals surface area contributed by atoms with E-state index in [1.54, 1.807) is 19.1 Å². The van der Waals surface area contributed by atoms with Crippen LogP contribution in [0.5, 0.6) is 0 Å². The Morgan fingerprint density at radius 1 is 1.36 bits per heavy atom. The molecule has 1 aromatic carbocycles. The summed E-state index contributed by atoms with van der Waals surface area (Å²) in [5.74, 6) is -1.21. The summed E-state index contributed by atoms with van der Waals surface area (Å²) in [6.45, 7) is 5.46. The number of nitrogens with zero attached hydrogens (tertiary/aromatic N) is 1. The van der Waals surface area contributed by atoms with Crippen LogP contribution in [0, 0.1) is 24.2 Å². The van der Waals surface area contributed by atoms with Gasteiger partial charge in [-0.1, -0.05) is 12.1 Å². The van der Waals surface area contributed by atoms with Crippen molar-refractivity contribution in [3.8, 4) is 6.07 Å². The van der Waals surface area contributed by atoms with Crippen LogP contribution in [-0.2, 0) is 11.2 Å². The number of para-hydroxylation sites is 1. The van der Waals surface area contributed by atoms with E-state index in [4.69, 9.17) is 0 Å². The molecular formula is C17H19N3O2. The lowest BCUT2D eigenvalue weighted by atomic mass is 9.96. The second kappa shape index (κ2) is 6.44. The van der Waals surface area contributed by atoms with Crippen LogP contribution in [0.2, 0.25) is 0 Å². The van der Waals surface area contributed by atoms with Gasteiger partial charge in [0.15, 0.2) is 5.43 Å². The Bertz CT molecular complexity index is 800. The van der Waals surface area contributed by atoms with Gasteiger partial charge in [0.05, 0.1) is 6.07 Å². The molecular weight excluding hydrogens is 278 g/mol. The molecule has 22 heavy (non-hydrogen) atoms. The summed E-state index contributed by atoms with van der Waals surface area (Å²) in [4.78, 5) is 27.8. The predicted octanol–water partition coefficient (Wildman–Crippen LogP) is 2.04. The average Bonchev–Trinajstić information content (AvgIpc) is 2.46. The van der Waals surface area contributed by atoms with E-state index in [0.717, 1.165) is 5.52 Å². The van der Waals surface area contributed by atoms with Crippen LogP contribution in [0.25, 0.3) is 10.9 Å². The number of aryl methyl sites for hydroxylation is 1. The fourth-order valence-corrected chi connectivity index (χ4v) is 2.43. The lowest BCUT2D eigenvalue weighted by Gasteiger charge is -2.14. The van der Waals surface area contributed by atoms with E-state index in [2.05, 4.69) is 10.3 Å². The van der Waals surface area contributed by atoms with Gasteiger partial charge in [-0.25, -0.2) is 0 Å². The number of rotatable bonds is 4. The molecule has 1 atom stereocenters. The van der Waals surface area contributed by atoms with Crippen LogP contribution >= 0.6 is 0 Å². The summed E-state index contributed by atoms with van der Waals surface area (Å²) >= 11 is 0. The van der Waals surface area contributed by atoms with Crippen molar-refractivity contribution < 1.29 is 4.79 Å². The lowest BCUT2D eigenvalue weighted by Crippen LogP contribution is -2.36. The Morgan fingerprint density at radius 3 is 2.68 bits per heavy atom. The third-order valence-corrected chi connectivity index (χ3v) is 3.53. The number of pyridine rings is 1. The van der Waals surface area contributed by atoms with Gasteiger partial charge in [-0.15, -0.1) is 0 Å². The molecule has 1 amide bonds. The van der Waals surface area contributed by atoms with Crippen molar-refractivity contribution in [2.75, 3.05) is 0 Å². The van der Waals surface area contributed by atoms with Gasteiger partial charge < -0.3 is 10.3 Å². The van der Waals surface area contributed by atoms with Crippen molar-refractivity contribution in [2.24, 2.45) is 5.92 Å². The van der Waals surface area contributed by atoms with Crippen LogP contribution in [-0.4, -0.2) is 16.9 Å². The first kappa shape index (κ1) is 15.8. The zero-order valence-electron chi connectivity index (χ0n) is 12.9. The van der Waals surface area contributed by atoms with Crippen LogP contribution in [0.3, 0.4) is 0 Å². The van der Waals surface area contributed by atoms with Crippen molar-refractivity contribution in [2.45, 2.75) is 33.2 Å². The number of aromatic nitrogens is 1. The quantitative estimate of drug-likeness (QED) is 0.905. The largest absolute Gasteiger partial charge is 0.358 e. The van der Waals surface area contributed by atoms with Gasteiger partial charge in [0.25, 0.3) is 0 Å². The topological polar surface area (TPSA) is 85.8 Å². The van der Waals surface area contributed by atoms with Crippen LogP contribution in [0.1, 0.15) is 25.1 Å². The van der Waals surface area contributed by atoms with Crippen molar-refractivity contribution in [3.63, 3.8) is 0 Å². The van der Waals surface area contributed by atoms with Gasteiger partial charge in [-0.3, -0.25) is 9.59 Å². The Hall–Kier alpha value is -2.61. The number of H-pyrrole nitrogens is 1. The summed E-state index contributed by atoms with van der Waals surface area (Å²) in [6.07, 6.45) is 0.112. The fraction of sp³-hybridized carbons (Fsp3) is 0.353. The predicted molar refractivity (Wildman–Crippen MR) is 85.4 cm³/mol. The Labute approximate surface area is 129 Å². The normalized spacial score (nSPS) is 12.1. The molecule has 0 spiro atoms. The van der Waals surface area contributed by atoms with E-state index in [1.807, 2.05) is 32.0 Å². The number of fused-ring (bicyclic) bond motifs is 1. The highest BCUT2D eigenvalue weighted by molar-refractivity contribution is 5.82. The Balaban J connectivity index is 2.41. The number of nitrogens with one attached hydrogen (secondary N) is 2. The molecule has 0 aliphatic carbocycles. The first-order chi connectivity index (χ1) is 10.4. The molecule has 2 N–H and O–H groups in total. The third kappa shape index (κ3) is 3.17. The molecule has 1 aromatic heterocycles. The van der Waals surface area contributed by atoms with E-state index in [-0.39, 0.29) is 23.8 Å². The number of nitriles is 1. The van der Waals surface area contributed by atoms with E-state index in [1.165, 1.54) is 0 Å². The number of amides is 1. The van der Waals surface area contributed by atoms with Gasteiger partial charge in [-0.2, -0.15) is 5.26 Å². The van der Waals surface area contributed by atoms with E-state index in [0.29, 0.717) is 16.6 Å². The molecule has 0 unspecified atom stereocenters. The first-order valence-electron chi connectivity index (χ1n) is 7.24. The summed E-state index contributed by atoms with van der Waals surface area (Å²) in [5, 5.41) is 12.5. The maximum absolute atomic E-state index is 12.6. The number of carbonyl (C=O) groups excluding carboxylic acids is 1. The smallest absolute Gasteiger partial charge is 0.237 e. The van der Waals surface area contributed by atoms with E-state index >= 15 is 0 Å². The van der Waals surface area contributed by atoms with Crippen LogP contribution in [0.4, 0.5) is 0 Å². The van der Waals surface area contributed by atoms with Gasteiger partial charge in [-0.05, 0) is 32.9 Å². The highest BCUT2D eigenvalue weighted by Crippen LogP contribution is 2.14. The standard InChI is InChI=1S/C17H19N3O2/c1-10(2)19-17(22)12(9-18)8-14-11(3)20-15-7-5-4-6-13(15)16(14)21/h4-7,10,12H,8H2,1-3H3,(H,19,22)(H,20,21)/t12-/m1/s1. The molecule has 0 fully saturated rings. The molecule has 2 aromatic rings. The molecule has 1 heterocycles. The molecule has 0 saturated heterocycles. The monoisotopic (exact) mass is 297 g/mol. The molecule has 0 radical (unpaired) electrons. The summed E-state index contributed by atoms with van der Waals surface area (Å²) in [6, 6.07) is 9.18. The second-order valence-electron chi connectivity index (χ2n) is 5.65. The van der Waals surface area contributed by atoms with Gasteiger partial charge in [0.1, 0.15) is 5.92 Å². The van der Waals surface area contributed by atoms with Gasteiger partial charge >= 0.3 is 0 Å². The molecule has 0 aliphatic heterocycles. The maximum Gasteiger partial charge on any atom is 0.237 e. The number of carbonyl (C=O) groups is 1. The summed E-state index contributed by atoms with van der Waals surface area (Å²) in [7, 11) is 0. The van der Waals surface area contributed by atoms with Crippen molar-refractivity contribution in [1.29, 1.82) is 5.26 Å².